The molecular weight excluding hydrogens is 264 g/mol. The van der Waals surface area contributed by atoms with Crippen LogP contribution in [0.3, 0.4) is 0 Å². The van der Waals surface area contributed by atoms with E-state index in [4.69, 9.17) is 0 Å². The molecule has 0 saturated heterocycles. The molecule has 0 bridgehead atoms. The van der Waals surface area contributed by atoms with Gasteiger partial charge in [-0.3, -0.25) is 4.79 Å². The van der Waals surface area contributed by atoms with E-state index >= 15 is 0 Å². The number of hydrogen-bond donors (Lipinski definition) is 2. The Kier molecular flexibility index (Phi) is 7.02. The van der Waals surface area contributed by atoms with Gasteiger partial charge in [0.25, 0.3) is 0 Å². The Morgan fingerprint density at radius 2 is 1.80 bits per heavy atom. The first-order valence-corrected chi connectivity index (χ1v) is 6.58. The molecule has 0 aromatic carbocycles. The Labute approximate surface area is 119 Å². The number of amides is 2. The molecule has 0 radical (unpaired) electrons. The number of urea groups is 1. The number of aliphatic carboxylic acids is 1. The molecule has 2 amide bonds. The normalized spacial score (nSPS) is 12.4. The highest BCUT2D eigenvalue weighted by atomic mass is 16.5. The molecule has 7 heteroatoms. The summed E-state index contributed by atoms with van der Waals surface area (Å²) in [5, 5.41) is 11.8. The molecule has 0 fully saturated rings. The summed E-state index contributed by atoms with van der Waals surface area (Å²) < 4.78 is 4.58. The lowest BCUT2D eigenvalue weighted by atomic mass is 9.93. The van der Waals surface area contributed by atoms with Crippen molar-refractivity contribution in [3.8, 4) is 0 Å². The summed E-state index contributed by atoms with van der Waals surface area (Å²) >= 11 is 0. The van der Waals surface area contributed by atoms with Gasteiger partial charge >= 0.3 is 18.0 Å². The Morgan fingerprint density at radius 3 is 2.15 bits per heavy atom. The van der Waals surface area contributed by atoms with Crippen LogP contribution in [0.1, 0.15) is 33.6 Å². The van der Waals surface area contributed by atoms with E-state index in [1.54, 1.807) is 20.8 Å². The van der Waals surface area contributed by atoms with Crippen molar-refractivity contribution in [2.45, 2.75) is 39.2 Å². The third kappa shape index (κ3) is 4.40. The maximum Gasteiger partial charge on any atom is 0.329 e. The number of carboxylic acids is 1. The van der Waals surface area contributed by atoms with Gasteiger partial charge in [0, 0.05) is 13.6 Å². The molecule has 0 spiro atoms. The molecule has 1 atom stereocenters. The van der Waals surface area contributed by atoms with Crippen molar-refractivity contribution in [1.29, 1.82) is 0 Å². The van der Waals surface area contributed by atoms with Crippen LogP contribution in [0.2, 0.25) is 0 Å². The van der Waals surface area contributed by atoms with Crippen LogP contribution in [0.5, 0.6) is 0 Å². The van der Waals surface area contributed by atoms with Gasteiger partial charge in [0.15, 0.2) is 0 Å². The van der Waals surface area contributed by atoms with Gasteiger partial charge in [-0.1, -0.05) is 20.8 Å². The number of carbonyl (C=O) groups is 3. The molecule has 116 valence electrons. The zero-order chi connectivity index (χ0) is 15.9. The van der Waals surface area contributed by atoms with Crippen molar-refractivity contribution in [2.24, 2.45) is 5.92 Å². The zero-order valence-corrected chi connectivity index (χ0v) is 12.7. The second-order valence-corrected chi connectivity index (χ2v) is 4.83. The summed E-state index contributed by atoms with van der Waals surface area (Å²) in [6.45, 7) is 5.20. The number of methoxy groups -OCH3 is 1. The fourth-order valence-corrected chi connectivity index (χ4v) is 1.85. The van der Waals surface area contributed by atoms with Crippen molar-refractivity contribution in [2.75, 3.05) is 20.7 Å². The van der Waals surface area contributed by atoms with Crippen molar-refractivity contribution < 1.29 is 24.2 Å². The molecule has 1 unspecified atom stereocenters. The summed E-state index contributed by atoms with van der Waals surface area (Å²) in [4.78, 5) is 35.9. The van der Waals surface area contributed by atoms with Crippen LogP contribution < -0.4 is 5.32 Å². The fourth-order valence-electron chi connectivity index (χ4n) is 1.85. The van der Waals surface area contributed by atoms with E-state index in [1.165, 1.54) is 19.1 Å². The van der Waals surface area contributed by atoms with Crippen molar-refractivity contribution in [1.82, 2.24) is 10.2 Å². The van der Waals surface area contributed by atoms with E-state index < -0.39 is 29.4 Å². The Hall–Kier alpha value is -1.79. The predicted molar refractivity (Wildman–Crippen MR) is 73.3 cm³/mol. The van der Waals surface area contributed by atoms with E-state index in [2.05, 4.69) is 10.1 Å². The minimum atomic E-state index is -1.28. The first kappa shape index (κ1) is 18.2. The lowest BCUT2D eigenvalue weighted by Gasteiger charge is -2.31. The minimum absolute atomic E-state index is 0.154. The SMILES string of the molecule is CCC(CC)(NC(=O)N(C)CC(C)C(=O)OC)C(=O)O. The largest absolute Gasteiger partial charge is 0.480 e. The van der Waals surface area contributed by atoms with E-state index in [9.17, 15) is 19.5 Å². The molecule has 0 aliphatic rings. The maximum atomic E-state index is 12.0. The van der Waals surface area contributed by atoms with E-state index in [1.807, 2.05) is 0 Å². The monoisotopic (exact) mass is 288 g/mol. The lowest BCUT2D eigenvalue weighted by molar-refractivity contribution is -0.146. The lowest BCUT2D eigenvalue weighted by Crippen LogP contribution is -2.57. The van der Waals surface area contributed by atoms with Crippen LogP contribution in [-0.2, 0) is 14.3 Å². The second kappa shape index (κ2) is 7.72. The maximum absolute atomic E-state index is 12.0. The van der Waals surface area contributed by atoms with Crippen LogP contribution >= 0.6 is 0 Å². The summed E-state index contributed by atoms with van der Waals surface area (Å²) in [6, 6.07) is -0.521. The van der Waals surface area contributed by atoms with Gasteiger partial charge in [-0.2, -0.15) is 0 Å². The van der Waals surface area contributed by atoms with Crippen LogP contribution in [0.4, 0.5) is 4.79 Å². The number of nitrogens with one attached hydrogen (secondary N) is 1. The first-order valence-electron chi connectivity index (χ1n) is 6.58. The quantitative estimate of drug-likeness (QED) is 0.683. The Balaban J connectivity index is 4.74. The number of esters is 1. The number of ether oxygens (including phenoxy) is 1. The summed E-state index contributed by atoms with van der Waals surface area (Å²) in [5.74, 6) is -1.95. The second-order valence-electron chi connectivity index (χ2n) is 4.83. The smallest absolute Gasteiger partial charge is 0.329 e. The average molecular weight is 288 g/mol. The molecular formula is C13H24N2O5. The van der Waals surface area contributed by atoms with Crippen molar-refractivity contribution in [3.05, 3.63) is 0 Å². The van der Waals surface area contributed by atoms with E-state index in [-0.39, 0.29) is 19.4 Å². The molecule has 7 nitrogen and oxygen atoms in total. The molecule has 0 aromatic rings. The topological polar surface area (TPSA) is 95.9 Å². The van der Waals surface area contributed by atoms with Gasteiger partial charge < -0.3 is 20.1 Å². The highest BCUT2D eigenvalue weighted by molar-refractivity contribution is 5.86. The number of nitrogens with zero attached hydrogens (tertiary/aromatic N) is 1. The molecule has 0 aliphatic carbocycles. The third-order valence-corrected chi connectivity index (χ3v) is 3.46. The number of rotatable bonds is 7. The molecule has 0 rings (SSSR count). The Morgan fingerprint density at radius 1 is 1.30 bits per heavy atom. The minimum Gasteiger partial charge on any atom is -0.480 e. The molecule has 20 heavy (non-hydrogen) atoms. The van der Waals surface area contributed by atoms with Crippen LogP contribution in [0, 0.1) is 5.92 Å². The molecule has 0 aliphatic heterocycles. The zero-order valence-electron chi connectivity index (χ0n) is 12.7. The highest BCUT2D eigenvalue weighted by Crippen LogP contribution is 2.16. The average Bonchev–Trinajstić information content (AvgIpc) is 2.42. The van der Waals surface area contributed by atoms with Gasteiger partial charge in [-0.15, -0.1) is 0 Å². The van der Waals surface area contributed by atoms with Crippen LogP contribution in [-0.4, -0.2) is 54.2 Å². The molecule has 0 aromatic heterocycles. The van der Waals surface area contributed by atoms with Gasteiger partial charge in [-0.05, 0) is 12.8 Å². The van der Waals surface area contributed by atoms with E-state index in [0.717, 1.165) is 0 Å². The van der Waals surface area contributed by atoms with Crippen molar-refractivity contribution in [3.63, 3.8) is 0 Å². The summed E-state index contributed by atoms with van der Waals surface area (Å²) in [6.07, 6.45) is 0.565. The van der Waals surface area contributed by atoms with Crippen LogP contribution in [0.25, 0.3) is 0 Å². The Bertz CT molecular complexity index is 366. The highest BCUT2D eigenvalue weighted by Gasteiger charge is 2.37. The van der Waals surface area contributed by atoms with Crippen LogP contribution in [0.15, 0.2) is 0 Å². The molecule has 0 saturated carbocycles. The van der Waals surface area contributed by atoms with Gasteiger partial charge in [-0.25, -0.2) is 9.59 Å². The number of carboxylic acid groups (broad SMARTS) is 1. The van der Waals surface area contributed by atoms with Gasteiger partial charge in [0.05, 0.1) is 13.0 Å². The molecule has 0 heterocycles. The fraction of sp³-hybridized carbons (Fsp3) is 0.769. The molecule has 2 N–H and O–H groups in total. The third-order valence-electron chi connectivity index (χ3n) is 3.46. The first-order chi connectivity index (χ1) is 9.23. The van der Waals surface area contributed by atoms with Crippen molar-refractivity contribution >= 4 is 18.0 Å². The van der Waals surface area contributed by atoms with Gasteiger partial charge in [0.1, 0.15) is 5.54 Å². The van der Waals surface area contributed by atoms with Gasteiger partial charge in [0.2, 0.25) is 0 Å². The summed E-state index contributed by atoms with van der Waals surface area (Å²) in [5.41, 5.74) is -1.28. The number of hydrogen-bond acceptors (Lipinski definition) is 4. The predicted octanol–water partition coefficient (Wildman–Crippen LogP) is 1.08. The summed E-state index contributed by atoms with van der Waals surface area (Å²) in [7, 11) is 2.79. The van der Waals surface area contributed by atoms with E-state index in [0.29, 0.717) is 0 Å². The number of carbonyl (C=O) groups excluding carboxylic acids is 2. The standard InChI is InChI=1S/C13H24N2O5/c1-6-13(7-2,11(17)18)14-12(19)15(4)8-9(3)10(16)20-5/h9H,6-8H2,1-5H3,(H,14,19)(H,17,18).